The summed E-state index contributed by atoms with van der Waals surface area (Å²) in [6.45, 7) is 1.43. The molecule has 2 aliphatic rings. The van der Waals surface area contributed by atoms with Gasteiger partial charge in [-0.2, -0.15) is 0 Å². The summed E-state index contributed by atoms with van der Waals surface area (Å²) in [7, 11) is 0. The Labute approximate surface area is 133 Å². The lowest BCUT2D eigenvalue weighted by molar-refractivity contribution is -0.122. The zero-order valence-corrected chi connectivity index (χ0v) is 13.0. The van der Waals surface area contributed by atoms with Crippen molar-refractivity contribution >= 4 is 23.8 Å². The average Bonchev–Trinajstić information content (AvgIpc) is 3.18. The molecule has 2 saturated heterocycles. The molecular weight excluding hydrogens is 302 g/mol. The predicted molar refractivity (Wildman–Crippen MR) is 84.5 cm³/mol. The molecule has 2 unspecified atom stereocenters. The van der Waals surface area contributed by atoms with E-state index in [1.165, 1.54) is 0 Å². The van der Waals surface area contributed by atoms with Gasteiger partial charge in [-0.25, -0.2) is 4.79 Å². The molecule has 2 fully saturated rings. The van der Waals surface area contributed by atoms with Gasteiger partial charge in [0.1, 0.15) is 6.10 Å². The van der Waals surface area contributed by atoms with E-state index in [1.807, 2.05) is 30.3 Å². The van der Waals surface area contributed by atoms with Crippen LogP contribution in [0.1, 0.15) is 11.7 Å². The van der Waals surface area contributed by atoms with Gasteiger partial charge in [-0.1, -0.05) is 30.3 Å². The molecule has 0 spiro atoms. The SMILES string of the molecule is O=C(NCCN1CC(c2ccccc2)OC1=O)C1CSCN1. The number of amides is 2. The second-order valence-corrected chi connectivity index (χ2v) is 6.32. The molecule has 0 radical (unpaired) electrons. The third-order valence-electron chi connectivity index (χ3n) is 3.77. The molecule has 0 bridgehead atoms. The predicted octanol–water partition coefficient (Wildman–Crippen LogP) is 0.959. The standard InChI is InChI=1S/C15H19N3O3S/c19-14(12-9-22-10-17-12)16-6-7-18-8-13(21-15(18)20)11-4-2-1-3-5-11/h1-5,12-13,17H,6-10H2,(H,16,19). The summed E-state index contributed by atoms with van der Waals surface area (Å²) in [6.07, 6.45) is -0.546. The molecular formula is C15H19N3O3S. The third-order valence-corrected chi connectivity index (χ3v) is 4.71. The van der Waals surface area contributed by atoms with Crippen LogP contribution >= 0.6 is 11.8 Å². The molecule has 2 atom stereocenters. The lowest BCUT2D eigenvalue weighted by Crippen LogP contribution is -2.44. The molecule has 1 aromatic carbocycles. The van der Waals surface area contributed by atoms with Gasteiger partial charge >= 0.3 is 6.09 Å². The Morgan fingerprint density at radius 3 is 2.95 bits per heavy atom. The van der Waals surface area contributed by atoms with E-state index >= 15 is 0 Å². The van der Waals surface area contributed by atoms with Crippen molar-refractivity contribution in [3.8, 4) is 0 Å². The first-order valence-corrected chi connectivity index (χ1v) is 8.49. The first-order valence-electron chi connectivity index (χ1n) is 7.33. The van der Waals surface area contributed by atoms with Crippen molar-refractivity contribution < 1.29 is 14.3 Å². The number of hydrogen-bond acceptors (Lipinski definition) is 5. The van der Waals surface area contributed by atoms with E-state index in [0.717, 1.165) is 17.2 Å². The van der Waals surface area contributed by atoms with Crippen molar-refractivity contribution in [2.24, 2.45) is 0 Å². The molecule has 22 heavy (non-hydrogen) atoms. The average molecular weight is 321 g/mol. The molecule has 3 rings (SSSR count). The molecule has 2 aliphatic heterocycles. The number of nitrogens with one attached hydrogen (secondary N) is 2. The first-order chi connectivity index (χ1) is 10.7. The van der Waals surface area contributed by atoms with Gasteiger partial charge in [0.2, 0.25) is 5.91 Å². The minimum atomic E-state index is -0.322. The number of thioether (sulfide) groups is 1. The Morgan fingerprint density at radius 1 is 1.41 bits per heavy atom. The first kappa shape index (κ1) is 15.2. The van der Waals surface area contributed by atoms with Crippen LogP contribution in [0.2, 0.25) is 0 Å². The zero-order chi connectivity index (χ0) is 15.4. The smallest absolute Gasteiger partial charge is 0.410 e. The molecule has 0 saturated carbocycles. The molecule has 118 valence electrons. The van der Waals surface area contributed by atoms with Gasteiger partial charge in [0.25, 0.3) is 0 Å². The van der Waals surface area contributed by atoms with Crippen LogP contribution in [0, 0.1) is 0 Å². The molecule has 1 aromatic rings. The lowest BCUT2D eigenvalue weighted by Gasteiger charge is -2.15. The van der Waals surface area contributed by atoms with Gasteiger partial charge in [0.15, 0.2) is 0 Å². The van der Waals surface area contributed by atoms with Crippen molar-refractivity contribution in [2.45, 2.75) is 12.1 Å². The molecule has 2 N–H and O–H groups in total. The molecule has 0 aromatic heterocycles. The minimum absolute atomic E-state index is 0.00262. The minimum Gasteiger partial charge on any atom is -0.439 e. The number of benzene rings is 1. The third kappa shape index (κ3) is 3.53. The maximum absolute atomic E-state index is 11.9. The molecule has 2 amide bonds. The highest BCUT2D eigenvalue weighted by atomic mass is 32.2. The number of ether oxygens (including phenoxy) is 1. The second kappa shape index (κ2) is 7.02. The van der Waals surface area contributed by atoms with E-state index in [9.17, 15) is 9.59 Å². The van der Waals surface area contributed by atoms with Gasteiger partial charge in [-0.3, -0.25) is 10.1 Å². The van der Waals surface area contributed by atoms with Gasteiger partial charge < -0.3 is 15.0 Å². The topological polar surface area (TPSA) is 70.7 Å². The number of carbonyl (C=O) groups is 2. The molecule has 0 aliphatic carbocycles. The fraction of sp³-hybridized carbons (Fsp3) is 0.467. The van der Waals surface area contributed by atoms with Crippen LogP contribution in [0.25, 0.3) is 0 Å². The van der Waals surface area contributed by atoms with Crippen LogP contribution in [-0.2, 0) is 9.53 Å². The number of rotatable bonds is 5. The van der Waals surface area contributed by atoms with Gasteiger partial charge in [0.05, 0.1) is 12.6 Å². The van der Waals surface area contributed by atoms with Crippen molar-refractivity contribution in [1.82, 2.24) is 15.5 Å². The van der Waals surface area contributed by atoms with Crippen LogP contribution < -0.4 is 10.6 Å². The largest absolute Gasteiger partial charge is 0.439 e. The summed E-state index contributed by atoms with van der Waals surface area (Å²) >= 11 is 1.71. The summed E-state index contributed by atoms with van der Waals surface area (Å²) in [5, 5.41) is 5.98. The molecule has 6 nitrogen and oxygen atoms in total. The molecule has 2 heterocycles. The second-order valence-electron chi connectivity index (χ2n) is 5.29. The number of hydrogen-bond donors (Lipinski definition) is 2. The highest BCUT2D eigenvalue weighted by Gasteiger charge is 2.32. The Morgan fingerprint density at radius 2 is 2.23 bits per heavy atom. The highest BCUT2D eigenvalue weighted by molar-refractivity contribution is 7.99. The monoisotopic (exact) mass is 321 g/mol. The van der Waals surface area contributed by atoms with Crippen molar-refractivity contribution in [3.63, 3.8) is 0 Å². The van der Waals surface area contributed by atoms with Crippen molar-refractivity contribution in [1.29, 1.82) is 0 Å². The van der Waals surface area contributed by atoms with Crippen LogP contribution in [0.15, 0.2) is 30.3 Å². The Balaban J connectivity index is 1.45. The zero-order valence-electron chi connectivity index (χ0n) is 12.2. The Kier molecular flexibility index (Phi) is 4.84. The Hall–Kier alpha value is -1.73. The maximum atomic E-state index is 11.9. The van der Waals surface area contributed by atoms with E-state index in [-0.39, 0.29) is 24.1 Å². The van der Waals surface area contributed by atoms with Gasteiger partial charge in [0, 0.05) is 24.7 Å². The molecule has 7 heteroatoms. The van der Waals surface area contributed by atoms with Gasteiger partial charge in [-0.15, -0.1) is 11.8 Å². The summed E-state index contributed by atoms with van der Waals surface area (Å²) in [5.41, 5.74) is 0.995. The van der Waals surface area contributed by atoms with Crippen LogP contribution in [0.5, 0.6) is 0 Å². The summed E-state index contributed by atoms with van der Waals surface area (Å²) in [6, 6.07) is 9.58. The van der Waals surface area contributed by atoms with E-state index in [4.69, 9.17) is 4.74 Å². The summed E-state index contributed by atoms with van der Waals surface area (Å²) in [4.78, 5) is 25.4. The number of carbonyl (C=O) groups excluding carboxylic acids is 2. The summed E-state index contributed by atoms with van der Waals surface area (Å²) < 4.78 is 5.38. The number of nitrogens with zero attached hydrogens (tertiary/aromatic N) is 1. The van der Waals surface area contributed by atoms with Gasteiger partial charge in [-0.05, 0) is 5.56 Å². The number of cyclic esters (lactones) is 1. The van der Waals surface area contributed by atoms with Crippen LogP contribution in [-0.4, -0.2) is 54.2 Å². The van der Waals surface area contributed by atoms with E-state index in [0.29, 0.717) is 19.6 Å². The van der Waals surface area contributed by atoms with E-state index < -0.39 is 0 Å². The summed E-state index contributed by atoms with van der Waals surface area (Å²) in [5.74, 6) is 1.61. The Bertz CT molecular complexity index is 534. The fourth-order valence-corrected chi connectivity index (χ4v) is 3.47. The maximum Gasteiger partial charge on any atom is 0.410 e. The van der Waals surface area contributed by atoms with Crippen molar-refractivity contribution in [3.05, 3.63) is 35.9 Å². The van der Waals surface area contributed by atoms with E-state index in [1.54, 1.807) is 16.7 Å². The van der Waals surface area contributed by atoms with Crippen LogP contribution in [0.4, 0.5) is 4.79 Å². The lowest BCUT2D eigenvalue weighted by atomic mass is 10.1. The van der Waals surface area contributed by atoms with E-state index in [2.05, 4.69) is 10.6 Å². The van der Waals surface area contributed by atoms with Crippen molar-refractivity contribution in [2.75, 3.05) is 31.3 Å². The normalized spacial score (nSPS) is 24.4. The quantitative estimate of drug-likeness (QED) is 0.845. The fourth-order valence-electron chi connectivity index (χ4n) is 2.53. The van der Waals surface area contributed by atoms with Crippen LogP contribution in [0.3, 0.4) is 0 Å². The highest BCUT2D eigenvalue weighted by Crippen LogP contribution is 2.25.